The summed E-state index contributed by atoms with van der Waals surface area (Å²) in [5.74, 6) is -12.5. The number of nitrogens with one attached hydrogen (secondary N) is 10. The molecule has 6 aliphatic rings. The van der Waals surface area contributed by atoms with E-state index in [9.17, 15) is 103 Å². The van der Waals surface area contributed by atoms with Crippen molar-refractivity contribution in [1.82, 2.24) is 67.6 Å². The minimum Gasteiger partial charge on any atom is -0.458 e. The molecule has 110 heavy (non-hydrogen) atoms. The van der Waals surface area contributed by atoms with Gasteiger partial charge < -0.3 is 113 Å². The lowest BCUT2D eigenvalue weighted by molar-refractivity contribution is -0.217. The third-order valence-electron chi connectivity index (χ3n) is 19.6. The van der Waals surface area contributed by atoms with E-state index in [2.05, 4.69) is 53.2 Å². The molecule has 2 aromatic carbocycles. The summed E-state index contributed by atoms with van der Waals surface area (Å²) in [6, 6.07) is 7.54. The number of carbonyl (C=O) groups is 14. The molecule has 0 radical (unpaired) electrons. The molecule has 0 bridgehead atoms. The third kappa shape index (κ3) is 18.8. The predicted octanol–water partition coefficient (Wildman–Crippen LogP) is -8.06. The number of imide groups is 1. The van der Waals surface area contributed by atoms with Crippen LogP contribution < -0.4 is 64.5 Å². The summed E-state index contributed by atoms with van der Waals surface area (Å²) in [7, 11) is 0. The molecule has 40 heteroatoms. The first-order chi connectivity index (χ1) is 52.3. The van der Waals surface area contributed by atoms with E-state index in [1.165, 1.54) is 16.7 Å². The van der Waals surface area contributed by atoms with Gasteiger partial charge in [0.2, 0.25) is 65.0 Å². The number of cyclic esters (lactones) is 1. The number of carbonyl (C=O) groups excluding carboxylic acids is 14. The van der Waals surface area contributed by atoms with Crippen molar-refractivity contribution < 1.29 is 121 Å². The Kier molecular flexibility index (Phi) is 26.3. The first kappa shape index (κ1) is 81.4. The van der Waals surface area contributed by atoms with Crippen molar-refractivity contribution in [2.75, 3.05) is 59.2 Å². The molecule has 7 heterocycles. The van der Waals surface area contributed by atoms with Crippen molar-refractivity contribution in [3.05, 3.63) is 110 Å². The fourth-order valence-corrected chi connectivity index (χ4v) is 13.6. The van der Waals surface area contributed by atoms with Gasteiger partial charge in [0.1, 0.15) is 87.1 Å². The molecule has 13 amide bonds. The maximum Gasteiger partial charge on any atom is 0.343 e. The Balaban J connectivity index is 0.681. The molecule has 4 aromatic rings. The van der Waals surface area contributed by atoms with E-state index >= 15 is 4.39 Å². The van der Waals surface area contributed by atoms with Crippen LogP contribution in [0.5, 0.6) is 0 Å². The van der Waals surface area contributed by atoms with Gasteiger partial charge in [-0.1, -0.05) is 37.3 Å². The average molecular weight is 1540 g/mol. The van der Waals surface area contributed by atoms with E-state index in [0.717, 1.165) is 12.2 Å². The quantitative estimate of drug-likeness (QED) is 0.00803. The fourth-order valence-electron chi connectivity index (χ4n) is 13.6. The highest BCUT2D eigenvalue weighted by molar-refractivity contribution is 6.14. The molecule has 5 aliphatic heterocycles. The molecule has 1 aliphatic carbocycles. The predicted molar refractivity (Wildman–Crippen MR) is 370 cm³/mol. The topological polar surface area (TPSA) is 582 Å². The summed E-state index contributed by atoms with van der Waals surface area (Å²) in [4.78, 5) is 200. The van der Waals surface area contributed by atoms with Gasteiger partial charge in [-0.25, -0.2) is 14.2 Å². The normalized spacial score (nSPS) is 23.3. The van der Waals surface area contributed by atoms with Crippen molar-refractivity contribution in [3.63, 3.8) is 0 Å². The van der Waals surface area contributed by atoms with E-state index in [-0.39, 0.29) is 54.9 Å². The number of amides is 13. The fraction of sp³-hybridized carbons (Fsp3) is 0.486. The SMILES string of the molecule is CC[C@@]1(O)C(=O)OCc2c1cc1n(c2=O)Cc2c-1nc1cc(F)c(C)c3c1c2[C@@H](NC(=O)COCNC(=O)CNC(=O)[C@H](Cc1ccccc1)NC(=O)CNC(=O)CNC(=O)[C@H](CCC(=O)NC[C@H]1O[C@@H](CC(=O)NC[C@@H]2OC(C(N)=O)[C@@H](O)[C@H](O)[C@H]2O)[C@H](O)[C@@H]1O)NC(=O)CCNC(=O)CN1C(=O)C=CC1=O)CC3. The number of primary amides is 1. The van der Waals surface area contributed by atoms with E-state index < -0.39 is 251 Å². The number of aliphatic hydroxyl groups excluding tert-OH is 5. The monoisotopic (exact) mass is 1540 g/mol. The highest BCUT2D eigenvalue weighted by atomic mass is 19.1. The average Bonchev–Trinajstić information content (AvgIpc) is 1.48. The highest BCUT2D eigenvalue weighted by Gasteiger charge is 2.49. The van der Waals surface area contributed by atoms with Crippen LogP contribution in [-0.4, -0.2) is 254 Å². The summed E-state index contributed by atoms with van der Waals surface area (Å²) in [6.45, 7) is -2.48. The zero-order valence-electron chi connectivity index (χ0n) is 59.3. The van der Waals surface area contributed by atoms with E-state index in [4.69, 9.17) is 29.7 Å². The van der Waals surface area contributed by atoms with Gasteiger partial charge in [-0.05, 0) is 60.9 Å². The van der Waals surface area contributed by atoms with Gasteiger partial charge in [-0.2, -0.15) is 0 Å². The van der Waals surface area contributed by atoms with Crippen LogP contribution in [-0.2, 0) is 118 Å². The largest absolute Gasteiger partial charge is 0.458 e. The van der Waals surface area contributed by atoms with Crippen LogP contribution in [0.25, 0.3) is 22.3 Å². The second kappa shape index (κ2) is 35.5. The number of aliphatic hydroxyl groups is 6. The van der Waals surface area contributed by atoms with Gasteiger partial charge in [0.05, 0.1) is 67.2 Å². The van der Waals surface area contributed by atoms with Gasteiger partial charge in [-0.3, -0.25) is 72.0 Å². The van der Waals surface area contributed by atoms with Crippen molar-refractivity contribution in [2.24, 2.45) is 5.73 Å². The summed E-state index contributed by atoms with van der Waals surface area (Å²) in [6.07, 6.45) is -14.3. The van der Waals surface area contributed by atoms with E-state index in [1.54, 1.807) is 44.2 Å². The number of benzene rings is 2. The van der Waals surface area contributed by atoms with Crippen LogP contribution in [0.1, 0.15) is 90.4 Å². The Hall–Kier alpha value is -11.1. The number of hydrogen-bond acceptors (Lipinski definition) is 26. The zero-order chi connectivity index (χ0) is 79.6. The van der Waals surface area contributed by atoms with Crippen molar-refractivity contribution in [1.29, 1.82) is 0 Å². The van der Waals surface area contributed by atoms with Crippen molar-refractivity contribution >= 4 is 93.7 Å². The van der Waals surface area contributed by atoms with Crippen molar-refractivity contribution in [2.45, 2.75) is 157 Å². The van der Waals surface area contributed by atoms with E-state index in [1.807, 2.05) is 0 Å². The first-order valence-corrected chi connectivity index (χ1v) is 35.1. The maximum absolute atomic E-state index is 15.5. The molecule has 590 valence electrons. The first-order valence-electron chi connectivity index (χ1n) is 35.1. The zero-order valence-corrected chi connectivity index (χ0v) is 59.3. The second-order valence-electron chi connectivity index (χ2n) is 26.9. The van der Waals surface area contributed by atoms with Gasteiger partial charge >= 0.3 is 5.97 Å². The number of hydrogen-bond donors (Lipinski definition) is 17. The number of ether oxygens (including phenoxy) is 4. The highest BCUT2D eigenvalue weighted by Crippen LogP contribution is 2.46. The van der Waals surface area contributed by atoms with Crippen LogP contribution in [0.15, 0.2) is 59.4 Å². The number of fused-ring (bicyclic) bond motifs is 5. The number of rotatable bonds is 33. The smallest absolute Gasteiger partial charge is 0.343 e. The number of nitrogens with two attached hydrogens (primary N) is 1. The van der Waals surface area contributed by atoms with Gasteiger partial charge in [0, 0.05) is 73.6 Å². The van der Waals surface area contributed by atoms with E-state index in [0.29, 0.717) is 56.6 Å². The summed E-state index contributed by atoms with van der Waals surface area (Å²) in [5, 5.41) is 88.4. The summed E-state index contributed by atoms with van der Waals surface area (Å²) < 4.78 is 38.5. The number of halogens is 1. The standard InChI is InChI=1S/C70H83FN14O25/c1-3-70(106)36-18-42-58-34(26-84(42)68(104)35(36)28-108-69(70)105)57-38(10-9-33-31(2)37(71)19-40(83-58)56(33)57)80-53(93)29-107-30-79-50(90)24-78-67(103)41(17-32-7-5-4-6-8-32)82-51(91)25-76-49(89)23-77-66(102)39(81-47(87)15-16-73-52(92)27-85-54(94)13-14-55(85)95)11-12-46(86)74-21-44-60(97)59(96)43(109-44)20-48(88)75-22-45-61(98)62(99)63(100)64(110-45)65(72)101/h4-8,13-14,18-19,38-39,41,43-45,59-64,96-100,106H,3,9-12,15-17,20-30H2,1-2H3,(H2,72,101)(H,73,92)(H,74,86)(H,75,88)(H,76,89)(H,77,102)(H,78,103)(H,79,90)(H,80,93)(H,81,87)(H,82,91)/t38-,39-,41-,43-,44+,45-,59-,60+,61-,62+,63-,64?,70-/m0/s1. The van der Waals surface area contributed by atoms with Crippen LogP contribution in [0.3, 0.4) is 0 Å². The van der Waals surface area contributed by atoms with Gasteiger partial charge in [0.25, 0.3) is 17.4 Å². The Bertz CT molecular complexity index is 4410. The number of nitrogens with zero attached hydrogens (tertiary/aromatic N) is 3. The van der Waals surface area contributed by atoms with Gasteiger partial charge in [0.15, 0.2) is 11.7 Å². The molecule has 18 N–H and O–H groups in total. The number of aromatic nitrogens is 2. The third-order valence-corrected chi connectivity index (χ3v) is 19.6. The molecular formula is C70H83FN14O25. The molecule has 10 rings (SSSR count). The van der Waals surface area contributed by atoms with Crippen LogP contribution in [0.2, 0.25) is 0 Å². The van der Waals surface area contributed by atoms with Gasteiger partial charge in [-0.15, -0.1) is 0 Å². The number of pyridine rings is 2. The molecule has 2 aromatic heterocycles. The minimum absolute atomic E-state index is 0.00149. The molecule has 1 unspecified atom stereocenters. The lowest BCUT2D eigenvalue weighted by atomic mass is 9.81. The minimum atomic E-state index is -2.10. The maximum atomic E-state index is 15.5. The van der Waals surface area contributed by atoms with Crippen LogP contribution in [0.4, 0.5) is 4.39 Å². The summed E-state index contributed by atoms with van der Waals surface area (Å²) in [5.41, 5.74) is 6.42. The number of esters is 1. The second-order valence-corrected chi connectivity index (χ2v) is 26.9. The molecule has 39 nitrogen and oxygen atoms in total. The lowest BCUT2D eigenvalue weighted by Crippen LogP contribution is -2.63. The van der Waals surface area contributed by atoms with Crippen LogP contribution in [0, 0.1) is 12.7 Å². The molecular weight excluding hydrogens is 1460 g/mol. The summed E-state index contributed by atoms with van der Waals surface area (Å²) >= 11 is 0. The Morgan fingerprint density at radius 1 is 0.691 bits per heavy atom. The number of aryl methyl sites for hydroxylation is 1. The Morgan fingerprint density at radius 2 is 1.33 bits per heavy atom. The molecule has 2 fully saturated rings. The Labute approximate surface area is 623 Å². The van der Waals surface area contributed by atoms with Crippen LogP contribution >= 0.6 is 0 Å². The molecule has 0 spiro atoms. The van der Waals surface area contributed by atoms with Crippen molar-refractivity contribution in [3.8, 4) is 11.4 Å². The molecule has 13 atom stereocenters. The molecule has 2 saturated heterocycles. The Morgan fingerprint density at radius 3 is 2.02 bits per heavy atom. The molecule has 0 saturated carbocycles. The lowest BCUT2D eigenvalue weighted by Gasteiger charge is -2.39.